The van der Waals surface area contributed by atoms with Gasteiger partial charge in [0, 0.05) is 37.3 Å². The van der Waals surface area contributed by atoms with E-state index in [0.29, 0.717) is 38.2 Å². The van der Waals surface area contributed by atoms with Gasteiger partial charge in [0.15, 0.2) is 0 Å². The van der Waals surface area contributed by atoms with Crippen LogP contribution in [0.15, 0.2) is 54.6 Å². The van der Waals surface area contributed by atoms with Gasteiger partial charge in [-0.05, 0) is 43.9 Å². The number of unbranched alkanes of at least 4 members (excludes halogenated alkanes) is 1. The van der Waals surface area contributed by atoms with Crippen molar-refractivity contribution in [3.63, 3.8) is 0 Å². The van der Waals surface area contributed by atoms with Gasteiger partial charge in [-0.1, -0.05) is 49.7 Å². The molecule has 4 rings (SSSR count). The number of para-hydroxylation sites is 2. The second kappa shape index (κ2) is 12.1. The fraction of sp³-hybridized carbons (Fsp3) is 0.483. The molecule has 0 saturated carbocycles. The van der Waals surface area contributed by atoms with Crippen LogP contribution in [0.1, 0.15) is 57.1 Å². The lowest BCUT2D eigenvalue weighted by Crippen LogP contribution is -2.52. The van der Waals surface area contributed by atoms with E-state index in [-0.39, 0.29) is 35.6 Å². The average Bonchev–Trinajstić information content (AvgIpc) is 2.92. The molecule has 0 aliphatic carbocycles. The number of ether oxygens (including phenoxy) is 1. The molecule has 2 saturated heterocycles. The van der Waals surface area contributed by atoms with Gasteiger partial charge in [-0.2, -0.15) is 0 Å². The van der Waals surface area contributed by atoms with E-state index in [1.807, 2.05) is 64.4 Å². The van der Waals surface area contributed by atoms with Gasteiger partial charge >= 0.3 is 0 Å². The topological polar surface area (TPSA) is 79.0 Å². The molecule has 3 atom stereocenters. The van der Waals surface area contributed by atoms with Crippen molar-refractivity contribution in [2.24, 2.45) is 11.8 Å². The highest BCUT2D eigenvalue weighted by atomic mass is 16.5. The van der Waals surface area contributed by atoms with Crippen LogP contribution in [-0.2, 0) is 14.4 Å². The van der Waals surface area contributed by atoms with Crippen molar-refractivity contribution in [2.45, 2.75) is 51.5 Å². The maximum atomic E-state index is 14.0. The molecular weight excluding hydrogens is 454 g/mol. The molecule has 2 fully saturated rings. The largest absolute Gasteiger partial charge is 0.496 e. The normalized spacial score (nSPS) is 22.3. The lowest BCUT2D eigenvalue weighted by atomic mass is 9.82. The molecule has 2 heterocycles. The van der Waals surface area contributed by atoms with E-state index >= 15 is 0 Å². The summed E-state index contributed by atoms with van der Waals surface area (Å²) in [5.41, 5.74) is 1.64. The van der Waals surface area contributed by atoms with Crippen molar-refractivity contribution in [3.05, 3.63) is 60.2 Å². The van der Waals surface area contributed by atoms with Crippen molar-refractivity contribution in [2.75, 3.05) is 32.1 Å². The zero-order valence-corrected chi connectivity index (χ0v) is 21.3. The van der Waals surface area contributed by atoms with Crippen LogP contribution in [0.2, 0.25) is 0 Å². The molecule has 2 aromatic rings. The molecule has 192 valence electrons. The molecule has 0 radical (unpaired) electrons. The Morgan fingerprint density at radius 1 is 1.06 bits per heavy atom. The third kappa shape index (κ3) is 5.72. The van der Waals surface area contributed by atoms with Gasteiger partial charge in [0.25, 0.3) is 0 Å². The minimum atomic E-state index is -0.375. The number of benzene rings is 2. The van der Waals surface area contributed by atoms with E-state index in [4.69, 9.17) is 4.74 Å². The summed E-state index contributed by atoms with van der Waals surface area (Å²) in [6, 6.07) is 16.7. The number of amides is 3. The fourth-order valence-corrected chi connectivity index (χ4v) is 5.49. The molecule has 2 aliphatic rings. The molecule has 1 N–H and O–H groups in total. The summed E-state index contributed by atoms with van der Waals surface area (Å²) in [5, 5.41) is 2.99. The van der Waals surface area contributed by atoms with E-state index in [0.717, 1.165) is 36.9 Å². The highest BCUT2D eigenvalue weighted by Gasteiger charge is 2.44. The maximum Gasteiger partial charge on any atom is 0.229 e. The second-order valence-corrected chi connectivity index (χ2v) is 9.75. The number of rotatable bonds is 8. The summed E-state index contributed by atoms with van der Waals surface area (Å²) >= 11 is 0. The SMILES string of the molecule is CCCCN1C(=O)CC[C@H](C(=O)N2CCC[C@@H](C(=O)Nc3ccccc3)C2)[C@@H]1c1ccccc1OC. The Hall–Kier alpha value is -3.35. The molecule has 0 unspecified atom stereocenters. The Morgan fingerprint density at radius 3 is 2.56 bits per heavy atom. The van der Waals surface area contributed by atoms with E-state index in [2.05, 4.69) is 12.2 Å². The number of methoxy groups -OCH3 is 1. The van der Waals surface area contributed by atoms with Crippen molar-refractivity contribution in [1.29, 1.82) is 0 Å². The van der Waals surface area contributed by atoms with Gasteiger partial charge in [-0.15, -0.1) is 0 Å². The average molecular weight is 492 g/mol. The van der Waals surface area contributed by atoms with Crippen LogP contribution < -0.4 is 10.1 Å². The van der Waals surface area contributed by atoms with Crippen molar-refractivity contribution in [3.8, 4) is 5.75 Å². The van der Waals surface area contributed by atoms with Crippen LogP contribution in [0.4, 0.5) is 5.69 Å². The summed E-state index contributed by atoms with van der Waals surface area (Å²) in [6.45, 7) is 3.75. The number of likely N-dealkylation sites (tertiary alicyclic amines) is 2. The summed E-state index contributed by atoms with van der Waals surface area (Å²) in [4.78, 5) is 43.8. The van der Waals surface area contributed by atoms with Gasteiger partial charge in [0.2, 0.25) is 17.7 Å². The zero-order valence-electron chi connectivity index (χ0n) is 21.3. The van der Waals surface area contributed by atoms with Crippen LogP contribution in [-0.4, -0.2) is 54.3 Å². The first-order valence-corrected chi connectivity index (χ1v) is 13.1. The van der Waals surface area contributed by atoms with Crippen molar-refractivity contribution in [1.82, 2.24) is 9.80 Å². The van der Waals surface area contributed by atoms with E-state index in [9.17, 15) is 14.4 Å². The molecule has 0 aromatic heterocycles. The van der Waals surface area contributed by atoms with Crippen molar-refractivity contribution < 1.29 is 19.1 Å². The van der Waals surface area contributed by atoms with Crippen LogP contribution in [0.3, 0.4) is 0 Å². The Morgan fingerprint density at radius 2 is 1.81 bits per heavy atom. The van der Waals surface area contributed by atoms with E-state index < -0.39 is 0 Å². The van der Waals surface area contributed by atoms with Crippen LogP contribution >= 0.6 is 0 Å². The van der Waals surface area contributed by atoms with Gasteiger partial charge in [0.05, 0.1) is 25.0 Å². The second-order valence-electron chi connectivity index (χ2n) is 9.75. The summed E-state index contributed by atoms with van der Waals surface area (Å²) in [6.07, 6.45) is 4.24. The highest BCUT2D eigenvalue weighted by Crippen LogP contribution is 2.42. The number of hydrogen-bond donors (Lipinski definition) is 1. The minimum Gasteiger partial charge on any atom is -0.496 e. The fourth-order valence-electron chi connectivity index (χ4n) is 5.49. The Bertz CT molecular complexity index is 1060. The molecule has 36 heavy (non-hydrogen) atoms. The van der Waals surface area contributed by atoms with Gasteiger partial charge in [-0.3, -0.25) is 14.4 Å². The van der Waals surface area contributed by atoms with Gasteiger partial charge < -0.3 is 19.9 Å². The highest BCUT2D eigenvalue weighted by molar-refractivity contribution is 5.93. The van der Waals surface area contributed by atoms with Gasteiger partial charge in [-0.25, -0.2) is 0 Å². The first-order valence-electron chi connectivity index (χ1n) is 13.1. The predicted molar refractivity (Wildman–Crippen MR) is 139 cm³/mol. The molecule has 7 nitrogen and oxygen atoms in total. The Kier molecular flexibility index (Phi) is 8.62. The van der Waals surface area contributed by atoms with Gasteiger partial charge in [0.1, 0.15) is 5.75 Å². The van der Waals surface area contributed by atoms with Crippen LogP contribution in [0.5, 0.6) is 5.75 Å². The number of carbonyl (C=O) groups excluding carboxylic acids is 3. The number of carbonyl (C=O) groups is 3. The number of anilines is 1. The van der Waals surface area contributed by atoms with E-state index in [1.54, 1.807) is 7.11 Å². The number of piperidine rings is 2. The molecule has 0 bridgehead atoms. The lowest BCUT2D eigenvalue weighted by Gasteiger charge is -2.44. The summed E-state index contributed by atoms with van der Waals surface area (Å²) in [7, 11) is 1.62. The first-order chi connectivity index (χ1) is 17.5. The molecule has 2 aliphatic heterocycles. The standard InChI is InChI=1S/C29H37N3O4/c1-3-4-19-32-26(33)17-16-24(27(32)23-14-8-9-15-25(23)36-2)29(35)31-18-10-11-21(20-31)28(34)30-22-12-6-5-7-13-22/h5-9,12-15,21,24,27H,3-4,10-11,16-20H2,1-2H3,(H,30,34)/t21-,24+,27+/m1/s1. The maximum absolute atomic E-state index is 14.0. The van der Waals surface area contributed by atoms with Crippen molar-refractivity contribution >= 4 is 23.4 Å². The smallest absolute Gasteiger partial charge is 0.229 e. The lowest BCUT2D eigenvalue weighted by molar-refractivity contribution is -0.149. The molecule has 7 heteroatoms. The van der Waals surface area contributed by atoms with E-state index in [1.165, 1.54) is 0 Å². The monoisotopic (exact) mass is 491 g/mol. The molecule has 0 spiro atoms. The molecular formula is C29H37N3O4. The third-order valence-electron chi connectivity index (χ3n) is 7.38. The number of hydrogen-bond acceptors (Lipinski definition) is 4. The Balaban J connectivity index is 1.56. The zero-order chi connectivity index (χ0) is 25.5. The predicted octanol–water partition coefficient (Wildman–Crippen LogP) is 4.65. The number of nitrogens with zero attached hydrogens (tertiary/aromatic N) is 2. The first kappa shape index (κ1) is 25.7. The quantitative estimate of drug-likeness (QED) is 0.583. The molecule has 2 aromatic carbocycles. The van der Waals surface area contributed by atoms with Crippen LogP contribution in [0, 0.1) is 11.8 Å². The minimum absolute atomic E-state index is 0.0251. The van der Waals surface area contributed by atoms with Crippen LogP contribution in [0.25, 0.3) is 0 Å². The third-order valence-corrected chi connectivity index (χ3v) is 7.38. The molecule has 3 amide bonds. The summed E-state index contributed by atoms with van der Waals surface area (Å²) in [5.74, 6) is 0.124. The summed E-state index contributed by atoms with van der Waals surface area (Å²) < 4.78 is 5.65. The Labute approximate surface area is 213 Å². The number of nitrogens with one attached hydrogen (secondary N) is 1.